The highest BCUT2D eigenvalue weighted by molar-refractivity contribution is 6.10. The van der Waals surface area contributed by atoms with Gasteiger partial charge < -0.3 is 47.9 Å². The Morgan fingerprint density at radius 2 is 0.681 bits per heavy atom. The zero-order valence-corrected chi connectivity index (χ0v) is 39.8. The Morgan fingerprint density at radius 3 is 1.06 bits per heavy atom. The van der Waals surface area contributed by atoms with Crippen LogP contribution in [0.2, 0.25) is 0 Å². The molecule has 2 N–H and O–H groups in total. The molecule has 4 saturated heterocycles. The summed E-state index contributed by atoms with van der Waals surface area (Å²) in [6.45, 7) is 12.9. The van der Waals surface area contributed by atoms with Gasteiger partial charge in [0.2, 0.25) is 0 Å². The van der Waals surface area contributed by atoms with Crippen LogP contribution in [0.1, 0.15) is 0 Å². The summed E-state index contributed by atoms with van der Waals surface area (Å²) in [5.74, 6) is 4.29. The first-order chi connectivity index (χ1) is 35.7. The van der Waals surface area contributed by atoms with Gasteiger partial charge in [0.05, 0.1) is 74.8 Å². The molecule has 3 aromatic heterocycles. The average Bonchev–Trinajstić information content (AvgIpc) is 4.18. The van der Waals surface area contributed by atoms with Crippen LogP contribution < -0.4 is 18.9 Å². The van der Waals surface area contributed by atoms with Gasteiger partial charge in [-0.05, 0) is 24.3 Å². The lowest BCUT2D eigenvalue weighted by Gasteiger charge is -2.26. The monoisotopic (exact) mass is 974 g/mol. The third-order valence-electron chi connectivity index (χ3n) is 13.8. The van der Waals surface area contributed by atoms with Crippen molar-refractivity contribution >= 4 is 44.1 Å². The first kappa shape index (κ1) is 45.0. The molecule has 0 radical (unpaired) electrons. The largest absolute Gasteiger partial charge is 0.477 e. The molecule has 0 atom stereocenters. The first-order valence-electron chi connectivity index (χ1n) is 24.7. The Labute approximate surface area is 413 Å². The molecule has 9 heterocycles. The lowest BCUT2D eigenvalue weighted by atomic mass is 10.1. The number of nitrogens with one attached hydrogen (secondary N) is 2. The van der Waals surface area contributed by atoms with E-state index in [1.807, 2.05) is 72.8 Å². The van der Waals surface area contributed by atoms with Crippen LogP contribution in [-0.2, 0) is 18.9 Å². The summed E-state index contributed by atoms with van der Waals surface area (Å²) in [6.07, 6.45) is 0. The molecule has 20 nitrogen and oxygen atoms in total. The van der Waals surface area contributed by atoms with E-state index in [4.69, 9.17) is 67.8 Å². The van der Waals surface area contributed by atoms with E-state index in [2.05, 4.69) is 29.6 Å². The minimum Gasteiger partial charge on any atom is -0.477 e. The standard InChI is InChI=1S/C52H54N12O8/c1-5-33-41(37(9-1)69-29-61-13-21-65-22-14-61)49-53-45(33)57-50-42-34(6-2-10-38(42)70-30-62-15-23-66-24-16-62)47(54-50)59-52-44-36(8-4-12-40(44)72-32-64-19-27-68-28-20-64)48(56-52)60-51-43-35(46(55-51)58-49)7-3-11-39(43)71-31-63-17-25-67-26-18-63/h1-12H,13-32H2,(H2,53,54,55,56,57,58,59,60). The van der Waals surface area contributed by atoms with Crippen molar-refractivity contribution in [1.82, 2.24) is 59.5 Å². The summed E-state index contributed by atoms with van der Waals surface area (Å²) in [5.41, 5.74) is 5.04. The van der Waals surface area contributed by atoms with Crippen LogP contribution in [-0.4, -0.2) is 192 Å². The van der Waals surface area contributed by atoms with Crippen LogP contribution in [0, 0.1) is 0 Å². The molecule has 4 fully saturated rings. The van der Waals surface area contributed by atoms with E-state index in [0.717, 1.165) is 96.2 Å². The Hall–Kier alpha value is -6.88. The second kappa shape index (κ2) is 20.0. The maximum Gasteiger partial charge on any atom is 0.168 e. The zero-order valence-electron chi connectivity index (χ0n) is 39.8. The third kappa shape index (κ3) is 8.93. The minimum atomic E-state index is 0.371. The second-order valence-electron chi connectivity index (χ2n) is 18.3. The summed E-state index contributed by atoms with van der Waals surface area (Å²) >= 11 is 0. The number of rotatable bonds is 12. The lowest BCUT2D eigenvalue weighted by Crippen LogP contribution is -2.38. The van der Waals surface area contributed by atoms with Gasteiger partial charge in [0, 0.05) is 74.3 Å². The molecular weight excluding hydrogens is 921 g/mol. The van der Waals surface area contributed by atoms with Gasteiger partial charge in [-0.25, -0.2) is 29.9 Å². The molecule has 7 aromatic rings. The van der Waals surface area contributed by atoms with Crippen molar-refractivity contribution in [2.24, 2.45) is 0 Å². The van der Waals surface area contributed by atoms with E-state index in [1.165, 1.54) is 0 Å². The fourth-order valence-electron chi connectivity index (χ4n) is 9.90. The van der Waals surface area contributed by atoms with Crippen LogP contribution >= 0.6 is 0 Å². The van der Waals surface area contributed by atoms with Crippen molar-refractivity contribution in [1.29, 1.82) is 0 Å². The number of benzene rings is 4. The average molecular weight is 975 g/mol. The van der Waals surface area contributed by atoms with Gasteiger partial charge in [0.15, 0.2) is 23.3 Å². The number of nitrogens with zero attached hydrogens (tertiary/aromatic N) is 10. The summed E-state index contributed by atoms with van der Waals surface area (Å²) in [4.78, 5) is 48.1. The van der Waals surface area contributed by atoms with Gasteiger partial charge in [-0.1, -0.05) is 48.5 Å². The van der Waals surface area contributed by atoms with Crippen molar-refractivity contribution in [3.63, 3.8) is 0 Å². The predicted molar refractivity (Wildman–Crippen MR) is 268 cm³/mol. The Bertz CT molecular complexity index is 3090. The highest BCUT2D eigenvalue weighted by atomic mass is 16.5. The van der Waals surface area contributed by atoms with Crippen LogP contribution in [0.15, 0.2) is 72.8 Å². The van der Waals surface area contributed by atoms with Crippen molar-refractivity contribution in [2.75, 3.05) is 132 Å². The molecule has 72 heavy (non-hydrogen) atoms. The fraction of sp³-hybridized carbons (Fsp3) is 0.385. The predicted octanol–water partition coefficient (Wildman–Crippen LogP) is 5.54. The smallest absolute Gasteiger partial charge is 0.168 e. The van der Waals surface area contributed by atoms with Crippen molar-refractivity contribution in [3.8, 4) is 68.5 Å². The number of aromatic nitrogens is 8. The van der Waals surface area contributed by atoms with Gasteiger partial charge >= 0.3 is 0 Å². The Morgan fingerprint density at radius 1 is 0.361 bits per heavy atom. The Balaban J connectivity index is 1.05. The Kier molecular flexibility index (Phi) is 12.5. The van der Waals surface area contributed by atoms with Crippen LogP contribution in [0.3, 0.4) is 0 Å². The second-order valence-corrected chi connectivity index (χ2v) is 18.3. The van der Waals surface area contributed by atoms with Crippen molar-refractivity contribution < 1.29 is 37.9 Å². The third-order valence-corrected chi connectivity index (χ3v) is 13.8. The van der Waals surface area contributed by atoms with Gasteiger partial charge in [-0.15, -0.1) is 0 Å². The zero-order chi connectivity index (χ0) is 47.8. The van der Waals surface area contributed by atoms with Crippen LogP contribution in [0.25, 0.3) is 89.7 Å². The van der Waals surface area contributed by atoms with Gasteiger partial charge in [0.25, 0.3) is 0 Å². The summed E-state index contributed by atoms with van der Waals surface area (Å²) in [5, 5.41) is 3.07. The van der Waals surface area contributed by atoms with Crippen LogP contribution in [0.5, 0.6) is 23.0 Å². The van der Waals surface area contributed by atoms with E-state index in [9.17, 15) is 0 Å². The SMILES string of the molecule is c1cc(OCN2CCOCC2)c2c(c1)-c1nc-2nc2[nH]c(nc3nc(nc4[nH]c(n1)c1c(OCN5CCOCC5)cccc41)-c1c(OCN4CCOCC4)cccc1-3)c1c(OCN3CCOCC3)cccc21. The van der Waals surface area contributed by atoms with E-state index in [1.54, 1.807) is 0 Å². The summed E-state index contributed by atoms with van der Waals surface area (Å²) in [7, 11) is 0. The van der Waals surface area contributed by atoms with Gasteiger partial charge in [-0.3, -0.25) is 19.6 Å². The quantitative estimate of drug-likeness (QED) is 0.155. The minimum absolute atomic E-state index is 0.371. The lowest BCUT2D eigenvalue weighted by molar-refractivity contribution is 0.00421. The summed E-state index contributed by atoms with van der Waals surface area (Å²) in [6, 6.07) is 23.8. The van der Waals surface area contributed by atoms with Crippen LogP contribution in [0.4, 0.5) is 0 Å². The van der Waals surface area contributed by atoms with E-state index < -0.39 is 0 Å². The number of hydrogen-bond acceptors (Lipinski definition) is 18. The first-order valence-corrected chi connectivity index (χ1v) is 24.7. The molecule has 0 spiro atoms. The number of fused-ring (bicyclic) bond motifs is 20. The normalized spacial score (nSPS) is 18.0. The molecule has 0 aliphatic carbocycles. The topological polar surface area (TPSA) is 196 Å². The fourth-order valence-corrected chi connectivity index (χ4v) is 9.90. The molecular formula is C52H54N12O8. The van der Waals surface area contributed by atoms with Gasteiger partial charge in [0.1, 0.15) is 72.5 Å². The van der Waals surface area contributed by atoms with E-state index in [-0.39, 0.29) is 0 Å². The molecule has 20 heteroatoms. The maximum atomic E-state index is 6.66. The van der Waals surface area contributed by atoms with Crippen molar-refractivity contribution in [2.45, 2.75) is 0 Å². The maximum absolute atomic E-state index is 6.66. The molecule has 0 amide bonds. The molecule has 6 aliphatic heterocycles. The van der Waals surface area contributed by atoms with E-state index in [0.29, 0.717) is 149 Å². The molecule has 8 bridgehead atoms. The number of ether oxygens (including phenoxy) is 8. The molecule has 4 aromatic carbocycles. The number of morpholine rings is 4. The highest BCUT2D eigenvalue weighted by Crippen LogP contribution is 2.44. The molecule has 0 saturated carbocycles. The highest BCUT2D eigenvalue weighted by Gasteiger charge is 2.29. The molecule has 0 unspecified atom stereocenters. The molecule has 13 rings (SSSR count). The van der Waals surface area contributed by atoms with Crippen molar-refractivity contribution in [3.05, 3.63) is 72.8 Å². The molecule has 6 aliphatic rings. The van der Waals surface area contributed by atoms with E-state index >= 15 is 0 Å². The number of aromatic amines is 2. The van der Waals surface area contributed by atoms with Gasteiger partial charge in [-0.2, -0.15) is 0 Å². The number of H-pyrrole nitrogens is 2. The summed E-state index contributed by atoms with van der Waals surface area (Å²) < 4.78 is 49.2. The molecule has 370 valence electrons. The number of hydrogen-bond donors (Lipinski definition) is 2.